The lowest BCUT2D eigenvalue weighted by Crippen LogP contribution is -2.11. The first-order chi connectivity index (χ1) is 12.8. The second kappa shape index (κ2) is 12.1. The molecule has 0 aliphatic carbocycles. The standard InChI is InChI=1S/C21H26FNO3/c1-23-20-10-7-18(8-11-20)6-9-19-4-2-3-5-21(19)26-17-16-25-15-14-24-13-12-22/h2-11,23H,12-17H2,1H3. The molecular formula is C21H26FNO3. The third kappa shape index (κ3) is 7.25. The predicted molar refractivity (Wildman–Crippen MR) is 104 cm³/mol. The first kappa shape index (κ1) is 19.9. The number of anilines is 1. The summed E-state index contributed by atoms with van der Waals surface area (Å²) in [6, 6.07) is 16.1. The van der Waals surface area contributed by atoms with Gasteiger partial charge in [0, 0.05) is 18.3 Å². The molecule has 0 saturated carbocycles. The largest absolute Gasteiger partial charge is 0.491 e. The molecule has 2 rings (SSSR count). The van der Waals surface area contributed by atoms with Gasteiger partial charge < -0.3 is 19.5 Å². The minimum absolute atomic E-state index is 0.122. The van der Waals surface area contributed by atoms with Crippen molar-refractivity contribution < 1.29 is 18.6 Å². The van der Waals surface area contributed by atoms with Crippen molar-refractivity contribution in [1.82, 2.24) is 0 Å². The Bertz CT molecular complexity index is 659. The first-order valence-corrected chi connectivity index (χ1v) is 8.72. The van der Waals surface area contributed by atoms with Crippen molar-refractivity contribution in [2.45, 2.75) is 0 Å². The Morgan fingerprint density at radius 3 is 2.27 bits per heavy atom. The molecule has 0 radical (unpaired) electrons. The van der Waals surface area contributed by atoms with Gasteiger partial charge in [-0.25, -0.2) is 4.39 Å². The fraction of sp³-hybridized carbons (Fsp3) is 0.333. The summed E-state index contributed by atoms with van der Waals surface area (Å²) in [5, 5.41) is 3.10. The van der Waals surface area contributed by atoms with E-state index in [2.05, 4.69) is 23.5 Å². The van der Waals surface area contributed by atoms with Gasteiger partial charge >= 0.3 is 0 Å². The van der Waals surface area contributed by atoms with Gasteiger partial charge in [0.1, 0.15) is 19.0 Å². The van der Waals surface area contributed by atoms with E-state index in [-0.39, 0.29) is 6.61 Å². The normalized spacial score (nSPS) is 11.0. The van der Waals surface area contributed by atoms with Crippen LogP contribution in [0.4, 0.5) is 10.1 Å². The number of ether oxygens (including phenoxy) is 3. The Balaban J connectivity index is 1.80. The molecule has 0 spiro atoms. The zero-order chi connectivity index (χ0) is 18.5. The minimum Gasteiger partial charge on any atom is -0.491 e. The smallest absolute Gasteiger partial charge is 0.126 e. The lowest BCUT2D eigenvalue weighted by molar-refractivity contribution is 0.0325. The van der Waals surface area contributed by atoms with Gasteiger partial charge in [-0.3, -0.25) is 0 Å². The molecule has 26 heavy (non-hydrogen) atoms. The van der Waals surface area contributed by atoms with Gasteiger partial charge in [0.15, 0.2) is 0 Å². The van der Waals surface area contributed by atoms with Crippen LogP contribution < -0.4 is 10.1 Å². The van der Waals surface area contributed by atoms with Gasteiger partial charge in [-0.1, -0.05) is 42.5 Å². The summed E-state index contributed by atoms with van der Waals surface area (Å²) in [7, 11) is 1.90. The van der Waals surface area contributed by atoms with Crippen molar-refractivity contribution in [3.05, 3.63) is 59.7 Å². The summed E-state index contributed by atoms with van der Waals surface area (Å²) >= 11 is 0. The van der Waals surface area contributed by atoms with E-state index in [0.29, 0.717) is 26.4 Å². The number of nitrogens with one attached hydrogen (secondary N) is 1. The summed E-state index contributed by atoms with van der Waals surface area (Å²) in [6.45, 7) is 1.40. The Kier molecular flexibility index (Phi) is 9.25. The van der Waals surface area contributed by atoms with E-state index in [1.54, 1.807) is 0 Å². The molecule has 2 aromatic rings. The molecule has 0 aromatic heterocycles. The van der Waals surface area contributed by atoms with Gasteiger partial charge in [0.05, 0.1) is 26.4 Å². The minimum atomic E-state index is -0.465. The van der Waals surface area contributed by atoms with Crippen LogP contribution in [0.2, 0.25) is 0 Å². The van der Waals surface area contributed by atoms with Crippen LogP contribution >= 0.6 is 0 Å². The van der Waals surface area contributed by atoms with E-state index in [1.165, 1.54) is 0 Å². The Morgan fingerprint density at radius 1 is 0.846 bits per heavy atom. The maximum absolute atomic E-state index is 11.9. The summed E-state index contributed by atoms with van der Waals surface area (Å²) in [5.41, 5.74) is 3.22. The molecular weight excluding hydrogens is 333 g/mol. The van der Waals surface area contributed by atoms with Crippen LogP contribution in [0.3, 0.4) is 0 Å². The average molecular weight is 359 g/mol. The predicted octanol–water partition coefficient (Wildman–Crippen LogP) is 4.28. The van der Waals surface area contributed by atoms with E-state index >= 15 is 0 Å². The molecule has 0 unspecified atom stereocenters. The van der Waals surface area contributed by atoms with Crippen LogP contribution in [0.15, 0.2) is 48.5 Å². The quantitative estimate of drug-likeness (QED) is 0.454. The molecule has 0 aliphatic heterocycles. The van der Waals surface area contributed by atoms with Crippen LogP contribution in [0, 0.1) is 0 Å². The van der Waals surface area contributed by atoms with Crippen LogP contribution in [0.5, 0.6) is 5.75 Å². The number of alkyl halides is 1. The summed E-state index contributed by atoms with van der Waals surface area (Å²) in [5.74, 6) is 0.813. The summed E-state index contributed by atoms with van der Waals surface area (Å²) in [6.07, 6.45) is 4.09. The molecule has 0 bridgehead atoms. The van der Waals surface area contributed by atoms with Crippen molar-refractivity contribution in [2.24, 2.45) is 0 Å². The average Bonchev–Trinajstić information content (AvgIpc) is 2.69. The number of rotatable bonds is 12. The molecule has 0 fully saturated rings. The van der Waals surface area contributed by atoms with E-state index in [9.17, 15) is 4.39 Å². The van der Waals surface area contributed by atoms with E-state index in [1.807, 2.05) is 49.5 Å². The molecule has 1 N–H and O–H groups in total. The molecule has 0 heterocycles. The SMILES string of the molecule is CNc1ccc(C=Cc2ccccc2OCCOCCOCCF)cc1. The molecule has 0 atom stereocenters. The fourth-order valence-corrected chi connectivity index (χ4v) is 2.28. The number of hydrogen-bond donors (Lipinski definition) is 1. The molecule has 140 valence electrons. The van der Waals surface area contributed by atoms with Crippen LogP contribution in [-0.4, -0.2) is 46.8 Å². The fourth-order valence-electron chi connectivity index (χ4n) is 2.28. The molecule has 2 aromatic carbocycles. The summed E-state index contributed by atoms with van der Waals surface area (Å²) in [4.78, 5) is 0. The molecule has 0 amide bonds. The Morgan fingerprint density at radius 2 is 1.54 bits per heavy atom. The topological polar surface area (TPSA) is 39.7 Å². The van der Waals surface area contributed by atoms with Gasteiger partial charge in [-0.05, 0) is 23.8 Å². The first-order valence-electron chi connectivity index (χ1n) is 8.72. The van der Waals surface area contributed by atoms with Gasteiger partial charge in [-0.15, -0.1) is 0 Å². The van der Waals surface area contributed by atoms with E-state index < -0.39 is 6.67 Å². The lowest BCUT2D eigenvalue weighted by atomic mass is 10.1. The highest BCUT2D eigenvalue weighted by Gasteiger charge is 2.00. The third-order valence-electron chi connectivity index (χ3n) is 3.65. The highest BCUT2D eigenvalue weighted by Crippen LogP contribution is 2.21. The van der Waals surface area contributed by atoms with Crippen LogP contribution in [0.1, 0.15) is 11.1 Å². The maximum Gasteiger partial charge on any atom is 0.126 e. The highest BCUT2D eigenvalue weighted by atomic mass is 19.1. The zero-order valence-corrected chi connectivity index (χ0v) is 15.1. The van der Waals surface area contributed by atoms with Gasteiger partial charge in [0.25, 0.3) is 0 Å². The molecule has 5 heteroatoms. The van der Waals surface area contributed by atoms with Crippen molar-refractivity contribution in [3.8, 4) is 5.75 Å². The monoisotopic (exact) mass is 359 g/mol. The second-order valence-corrected chi connectivity index (χ2v) is 5.51. The van der Waals surface area contributed by atoms with Crippen LogP contribution in [-0.2, 0) is 9.47 Å². The second-order valence-electron chi connectivity index (χ2n) is 5.51. The Hall–Kier alpha value is -2.37. The highest BCUT2D eigenvalue weighted by molar-refractivity contribution is 5.73. The Labute approximate surface area is 154 Å². The molecule has 0 saturated heterocycles. The maximum atomic E-state index is 11.9. The third-order valence-corrected chi connectivity index (χ3v) is 3.65. The number of benzene rings is 2. The van der Waals surface area contributed by atoms with E-state index in [4.69, 9.17) is 14.2 Å². The molecule has 4 nitrogen and oxygen atoms in total. The van der Waals surface area contributed by atoms with Crippen molar-refractivity contribution in [2.75, 3.05) is 52.1 Å². The summed E-state index contributed by atoms with van der Waals surface area (Å²) < 4.78 is 28.1. The van der Waals surface area contributed by atoms with Crippen molar-refractivity contribution in [3.63, 3.8) is 0 Å². The van der Waals surface area contributed by atoms with E-state index in [0.717, 1.165) is 22.6 Å². The number of hydrogen-bond acceptors (Lipinski definition) is 4. The number of para-hydroxylation sites is 1. The van der Waals surface area contributed by atoms with Gasteiger partial charge in [0.2, 0.25) is 0 Å². The van der Waals surface area contributed by atoms with Crippen LogP contribution in [0.25, 0.3) is 12.2 Å². The van der Waals surface area contributed by atoms with Crippen molar-refractivity contribution >= 4 is 17.8 Å². The molecule has 0 aliphatic rings. The lowest BCUT2D eigenvalue weighted by Gasteiger charge is -2.10. The zero-order valence-electron chi connectivity index (χ0n) is 15.1. The van der Waals surface area contributed by atoms with Crippen molar-refractivity contribution in [1.29, 1.82) is 0 Å². The number of halogens is 1. The van der Waals surface area contributed by atoms with Gasteiger partial charge in [-0.2, -0.15) is 0 Å².